The van der Waals surface area contributed by atoms with E-state index in [1.807, 2.05) is 6.07 Å². The number of aromatic nitrogens is 2. The minimum absolute atomic E-state index is 0.0530. The Morgan fingerprint density at radius 2 is 2.31 bits per heavy atom. The Bertz CT molecular complexity index is 400. The van der Waals surface area contributed by atoms with Gasteiger partial charge in [0.2, 0.25) is 0 Å². The second-order valence-electron chi connectivity index (χ2n) is 2.86. The van der Waals surface area contributed by atoms with Crippen molar-refractivity contribution in [1.29, 1.82) is 5.26 Å². The topological polar surface area (TPSA) is 58.7 Å². The van der Waals surface area contributed by atoms with E-state index in [2.05, 4.69) is 4.98 Å². The molecule has 0 N–H and O–H groups in total. The molecule has 0 unspecified atom stereocenters. The van der Waals surface area contributed by atoms with E-state index in [-0.39, 0.29) is 5.56 Å². The van der Waals surface area contributed by atoms with E-state index in [0.717, 1.165) is 5.69 Å². The molecule has 1 aromatic rings. The van der Waals surface area contributed by atoms with Gasteiger partial charge in [0.25, 0.3) is 5.56 Å². The van der Waals surface area contributed by atoms with E-state index in [4.69, 9.17) is 5.26 Å². The van der Waals surface area contributed by atoms with Crippen molar-refractivity contribution < 1.29 is 0 Å². The summed E-state index contributed by atoms with van der Waals surface area (Å²) >= 11 is 0. The zero-order valence-electron chi connectivity index (χ0n) is 7.74. The Morgan fingerprint density at radius 1 is 1.62 bits per heavy atom. The van der Waals surface area contributed by atoms with E-state index < -0.39 is 0 Å². The maximum Gasteiger partial charge on any atom is 0.256 e. The van der Waals surface area contributed by atoms with Crippen LogP contribution in [0.25, 0.3) is 0 Å². The van der Waals surface area contributed by atoms with E-state index >= 15 is 0 Å². The standard InChI is InChI=1S/C9H11N3O/c1-7-8(2)11-6-12(9(7)13)5-3-4-10/h6H,3,5H2,1-2H3. The summed E-state index contributed by atoms with van der Waals surface area (Å²) in [4.78, 5) is 15.6. The highest BCUT2D eigenvalue weighted by molar-refractivity contribution is 5.12. The van der Waals surface area contributed by atoms with E-state index in [1.54, 1.807) is 13.8 Å². The highest BCUT2D eigenvalue weighted by atomic mass is 16.1. The third kappa shape index (κ3) is 1.94. The van der Waals surface area contributed by atoms with Crippen LogP contribution in [0.3, 0.4) is 0 Å². The highest BCUT2D eigenvalue weighted by Gasteiger charge is 2.02. The lowest BCUT2D eigenvalue weighted by atomic mass is 10.3. The number of rotatable bonds is 2. The van der Waals surface area contributed by atoms with Crippen molar-refractivity contribution in [2.24, 2.45) is 0 Å². The van der Waals surface area contributed by atoms with Crippen molar-refractivity contribution in [3.05, 3.63) is 27.9 Å². The molecule has 0 aliphatic heterocycles. The van der Waals surface area contributed by atoms with Gasteiger partial charge in [0, 0.05) is 17.8 Å². The van der Waals surface area contributed by atoms with Gasteiger partial charge in [0.05, 0.1) is 18.8 Å². The van der Waals surface area contributed by atoms with E-state index in [1.165, 1.54) is 10.9 Å². The van der Waals surface area contributed by atoms with Crippen molar-refractivity contribution in [1.82, 2.24) is 9.55 Å². The molecule has 1 rings (SSSR count). The molecule has 0 bridgehead atoms. The Balaban J connectivity index is 3.06. The first kappa shape index (κ1) is 9.46. The molecule has 4 nitrogen and oxygen atoms in total. The van der Waals surface area contributed by atoms with Crippen molar-refractivity contribution >= 4 is 0 Å². The van der Waals surface area contributed by atoms with Gasteiger partial charge < -0.3 is 0 Å². The van der Waals surface area contributed by atoms with E-state index in [0.29, 0.717) is 18.5 Å². The fraction of sp³-hybridized carbons (Fsp3) is 0.444. The quantitative estimate of drug-likeness (QED) is 0.670. The summed E-state index contributed by atoms with van der Waals surface area (Å²) in [6, 6.07) is 1.99. The van der Waals surface area contributed by atoms with Crippen LogP contribution in [0.15, 0.2) is 11.1 Å². The van der Waals surface area contributed by atoms with Crippen molar-refractivity contribution in [3.63, 3.8) is 0 Å². The van der Waals surface area contributed by atoms with Crippen LogP contribution in [0.2, 0.25) is 0 Å². The normalized spacial score (nSPS) is 9.62. The fourth-order valence-corrected chi connectivity index (χ4v) is 1.01. The zero-order chi connectivity index (χ0) is 9.84. The third-order valence-corrected chi connectivity index (χ3v) is 1.98. The largest absolute Gasteiger partial charge is 0.298 e. The number of nitrogens with zero attached hydrogens (tertiary/aromatic N) is 3. The van der Waals surface area contributed by atoms with Gasteiger partial charge >= 0.3 is 0 Å². The summed E-state index contributed by atoms with van der Waals surface area (Å²) in [6.07, 6.45) is 1.83. The molecule has 0 amide bonds. The summed E-state index contributed by atoms with van der Waals surface area (Å²) in [6.45, 7) is 3.96. The lowest BCUT2D eigenvalue weighted by Crippen LogP contribution is -2.23. The van der Waals surface area contributed by atoms with Gasteiger partial charge in [-0.3, -0.25) is 9.36 Å². The van der Waals surface area contributed by atoms with Crippen LogP contribution >= 0.6 is 0 Å². The molecule has 0 fully saturated rings. The lowest BCUT2D eigenvalue weighted by Gasteiger charge is -2.04. The molecule has 13 heavy (non-hydrogen) atoms. The molecule has 0 aliphatic rings. The van der Waals surface area contributed by atoms with Crippen LogP contribution in [0.5, 0.6) is 0 Å². The number of hydrogen-bond acceptors (Lipinski definition) is 3. The second kappa shape index (κ2) is 3.85. The molecule has 0 radical (unpaired) electrons. The Labute approximate surface area is 76.5 Å². The van der Waals surface area contributed by atoms with Gasteiger partial charge in [-0.15, -0.1) is 0 Å². The van der Waals surface area contributed by atoms with Crippen molar-refractivity contribution in [3.8, 4) is 6.07 Å². The van der Waals surface area contributed by atoms with Crippen LogP contribution in [-0.4, -0.2) is 9.55 Å². The first-order chi connectivity index (χ1) is 6.16. The van der Waals surface area contributed by atoms with Gasteiger partial charge in [-0.25, -0.2) is 4.98 Å². The summed E-state index contributed by atoms with van der Waals surface area (Å²) in [5, 5.41) is 8.36. The molecule has 1 aromatic heterocycles. The maximum absolute atomic E-state index is 11.5. The minimum Gasteiger partial charge on any atom is -0.298 e. The van der Waals surface area contributed by atoms with Crippen molar-refractivity contribution in [2.75, 3.05) is 0 Å². The molecule has 0 saturated carbocycles. The maximum atomic E-state index is 11.5. The smallest absolute Gasteiger partial charge is 0.256 e. The fourth-order valence-electron chi connectivity index (χ4n) is 1.01. The van der Waals surface area contributed by atoms with Gasteiger partial charge in [-0.1, -0.05) is 0 Å². The molecular formula is C9H11N3O. The molecule has 0 aliphatic carbocycles. The average Bonchev–Trinajstić information content (AvgIpc) is 2.13. The molecule has 0 saturated heterocycles. The van der Waals surface area contributed by atoms with Gasteiger partial charge in [0.1, 0.15) is 0 Å². The van der Waals surface area contributed by atoms with Crippen LogP contribution < -0.4 is 5.56 Å². The molecule has 0 spiro atoms. The SMILES string of the molecule is Cc1ncn(CCC#N)c(=O)c1C. The number of aryl methyl sites for hydroxylation is 2. The highest BCUT2D eigenvalue weighted by Crippen LogP contribution is 1.95. The van der Waals surface area contributed by atoms with Crippen LogP contribution in [-0.2, 0) is 6.54 Å². The lowest BCUT2D eigenvalue weighted by molar-refractivity contribution is 0.660. The third-order valence-electron chi connectivity index (χ3n) is 1.98. The summed E-state index contributed by atoms with van der Waals surface area (Å²) < 4.78 is 1.46. The molecule has 0 aromatic carbocycles. The molecule has 1 heterocycles. The monoisotopic (exact) mass is 177 g/mol. The zero-order valence-corrected chi connectivity index (χ0v) is 7.74. The molecule has 4 heteroatoms. The van der Waals surface area contributed by atoms with Gasteiger partial charge in [0.15, 0.2) is 0 Å². The first-order valence-corrected chi connectivity index (χ1v) is 4.06. The second-order valence-corrected chi connectivity index (χ2v) is 2.86. The average molecular weight is 177 g/mol. The van der Waals surface area contributed by atoms with E-state index in [9.17, 15) is 4.79 Å². The van der Waals surface area contributed by atoms with Crippen LogP contribution in [0.4, 0.5) is 0 Å². The first-order valence-electron chi connectivity index (χ1n) is 4.06. The van der Waals surface area contributed by atoms with Gasteiger partial charge in [-0.2, -0.15) is 5.26 Å². The predicted octanol–water partition coefficient (Wildman–Crippen LogP) is 0.774. The molecule has 0 atom stereocenters. The Morgan fingerprint density at radius 3 is 2.92 bits per heavy atom. The summed E-state index contributed by atoms with van der Waals surface area (Å²) in [5.41, 5.74) is 1.35. The summed E-state index contributed by atoms with van der Waals surface area (Å²) in [7, 11) is 0. The van der Waals surface area contributed by atoms with Gasteiger partial charge in [-0.05, 0) is 13.8 Å². The predicted molar refractivity (Wildman–Crippen MR) is 48.2 cm³/mol. The van der Waals surface area contributed by atoms with Crippen LogP contribution in [0, 0.1) is 25.2 Å². The molecule has 68 valence electrons. The Hall–Kier alpha value is -1.63. The summed E-state index contributed by atoms with van der Waals surface area (Å²) in [5.74, 6) is 0. The minimum atomic E-state index is -0.0530. The van der Waals surface area contributed by atoms with Crippen molar-refractivity contribution in [2.45, 2.75) is 26.8 Å². The Kier molecular flexibility index (Phi) is 2.80. The van der Waals surface area contributed by atoms with Crippen LogP contribution in [0.1, 0.15) is 17.7 Å². The molecular weight excluding hydrogens is 166 g/mol. The number of nitriles is 1. The number of hydrogen-bond donors (Lipinski definition) is 0.